The van der Waals surface area contributed by atoms with Gasteiger partial charge in [-0.25, -0.2) is 0 Å². The number of pyridine rings is 1. The molecule has 2 aromatic heterocycles. The number of fused-ring (bicyclic) bond motifs is 1. The number of benzene rings is 1. The third-order valence-corrected chi connectivity index (χ3v) is 5.76. The SMILES string of the molecule is O=C(c1ccc(-c2nccc3occc23)cc1)N1CCN(C(=O)C2(O)CC2)CC1. The van der Waals surface area contributed by atoms with Crippen molar-refractivity contribution >= 4 is 22.8 Å². The van der Waals surface area contributed by atoms with Gasteiger partial charge in [0.05, 0.1) is 12.0 Å². The van der Waals surface area contributed by atoms with Crippen molar-refractivity contribution in [2.24, 2.45) is 0 Å². The number of carbonyl (C=O) groups is 2. The highest BCUT2D eigenvalue weighted by Gasteiger charge is 2.50. The Hall–Kier alpha value is -3.19. The lowest BCUT2D eigenvalue weighted by atomic mass is 10.0. The average Bonchev–Trinajstić information content (AvgIpc) is 3.33. The summed E-state index contributed by atoms with van der Waals surface area (Å²) in [5.74, 6) is -0.252. The molecule has 1 aliphatic heterocycles. The first-order chi connectivity index (χ1) is 14.0. The zero-order valence-corrected chi connectivity index (χ0v) is 15.9. The third-order valence-electron chi connectivity index (χ3n) is 5.76. The van der Waals surface area contributed by atoms with E-state index in [1.807, 2.05) is 36.4 Å². The van der Waals surface area contributed by atoms with Crippen molar-refractivity contribution in [3.8, 4) is 11.3 Å². The van der Waals surface area contributed by atoms with Gasteiger partial charge in [-0.2, -0.15) is 0 Å². The summed E-state index contributed by atoms with van der Waals surface area (Å²) in [6.45, 7) is 1.85. The second-order valence-corrected chi connectivity index (χ2v) is 7.69. The molecule has 1 aliphatic carbocycles. The molecule has 3 heterocycles. The van der Waals surface area contributed by atoms with Crippen molar-refractivity contribution in [2.45, 2.75) is 18.4 Å². The van der Waals surface area contributed by atoms with Gasteiger partial charge in [0, 0.05) is 48.9 Å². The van der Waals surface area contributed by atoms with E-state index in [4.69, 9.17) is 4.42 Å². The minimum absolute atomic E-state index is 0.0525. The molecule has 7 heteroatoms. The van der Waals surface area contributed by atoms with E-state index >= 15 is 0 Å². The lowest BCUT2D eigenvalue weighted by Crippen LogP contribution is -2.53. The molecule has 3 aromatic rings. The summed E-state index contributed by atoms with van der Waals surface area (Å²) < 4.78 is 5.43. The molecule has 2 aliphatic rings. The molecule has 0 unspecified atom stereocenters. The van der Waals surface area contributed by atoms with E-state index in [9.17, 15) is 14.7 Å². The molecule has 148 valence electrons. The standard InChI is InChI=1S/C22H21N3O4/c26-20(24-10-12-25(13-11-24)21(27)22(28)7-8-22)16-3-1-15(2-4-16)19-17-6-14-29-18(17)5-9-23-19/h1-6,9,14,28H,7-8,10-13H2. The Morgan fingerprint density at radius 3 is 2.34 bits per heavy atom. The summed E-state index contributed by atoms with van der Waals surface area (Å²) in [5.41, 5.74) is 1.97. The second-order valence-electron chi connectivity index (χ2n) is 7.69. The number of hydrogen-bond donors (Lipinski definition) is 1. The molecule has 1 saturated heterocycles. The van der Waals surface area contributed by atoms with Gasteiger partial charge in [0.25, 0.3) is 11.8 Å². The topological polar surface area (TPSA) is 86.9 Å². The number of amides is 2. The van der Waals surface area contributed by atoms with Gasteiger partial charge in [-0.1, -0.05) is 12.1 Å². The molecule has 0 radical (unpaired) electrons. The summed E-state index contributed by atoms with van der Waals surface area (Å²) >= 11 is 0. The minimum Gasteiger partial charge on any atom is -0.464 e. The van der Waals surface area contributed by atoms with Crippen LogP contribution in [0.25, 0.3) is 22.2 Å². The zero-order chi connectivity index (χ0) is 20.0. The molecule has 5 rings (SSSR count). The van der Waals surface area contributed by atoms with Crippen LogP contribution in [0.15, 0.2) is 53.3 Å². The normalized spacial score (nSPS) is 18.1. The summed E-state index contributed by atoms with van der Waals surface area (Å²) in [4.78, 5) is 32.9. The summed E-state index contributed by atoms with van der Waals surface area (Å²) in [6.07, 6.45) is 4.43. The maximum Gasteiger partial charge on any atom is 0.254 e. The molecule has 7 nitrogen and oxygen atoms in total. The first-order valence-corrected chi connectivity index (χ1v) is 9.79. The zero-order valence-electron chi connectivity index (χ0n) is 15.9. The summed E-state index contributed by atoms with van der Waals surface area (Å²) in [6, 6.07) is 11.1. The molecular formula is C22H21N3O4. The first kappa shape index (κ1) is 17.9. The number of aliphatic hydroxyl groups is 1. The maximum atomic E-state index is 12.8. The van der Waals surface area contributed by atoms with Crippen LogP contribution in [-0.2, 0) is 4.79 Å². The molecular weight excluding hydrogens is 370 g/mol. The molecule has 0 bridgehead atoms. The predicted molar refractivity (Wildman–Crippen MR) is 106 cm³/mol. The highest BCUT2D eigenvalue weighted by Crippen LogP contribution is 2.37. The molecule has 0 spiro atoms. The molecule has 29 heavy (non-hydrogen) atoms. The third kappa shape index (κ3) is 3.17. The Morgan fingerprint density at radius 2 is 1.66 bits per heavy atom. The van der Waals surface area contributed by atoms with Crippen LogP contribution in [0.5, 0.6) is 0 Å². The second kappa shape index (κ2) is 6.70. The Morgan fingerprint density at radius 1 is 0.966 bits per heavy atom. The quantitative estimate of drug-likeness (QED) is 0.740. The van der Waals surface area contributed by atoms with Crippen LogP contribution in [0.4, 0.5) is 0 Å². The molecule has 0 atom stereocenters. The van der Waals surface area contributed by atoms with Gasteiger partial charge in [0.15, 0.2) is 0 Å². The van der Waals surface area contributed by atoms with Crippen molar-refractivity contribution < 1.29 is 19.1 Å². The van der Waals surface area contributed by atoms with Gasteiger partial charge < -0.3 is 19.3 Å². The Balaban J connectivity index is 1.28. The van der Waals surface area contributed by atoms with Gasteiger partial charge in [0.2, 0.25) is 0 Å². The van der Waals surface area contributed by atoms with Crippen LogP contribution in [0, 0.1) is 0 Å². The number of furan rings is 1. The van der Waals surface area contributed by atoms with Crippen molar-refractivity contribution in [1.82, 2.24) is 14.8 Å². The molecule has 1 saturated carbocycles. The van der Waals surface area contributed by atoms with E-state index in [2.05, 4.69) is 4.98 Å². The van der Waals surface area contributed by atoms with Crippen LogP contribution in [0.2, 0.25) is 0 Å². The Kier molecular flexibility index (Phi) is 4.13. The van der Waals surface area contributed by atoms with Gasteiger partial charge in [-0.3, -0.25) is 14.6 Å². The number of nitrogens with zero attached hydrogens (tertiary/aromatic N) is 3. The van der Waals surface area contributed by atoms with E-state index in [0.717, 1.165) is 22.2 Å². The van der Waals surface area contributed by atoms with Crippen molar-refractivity contribution in [1.29, 1.82) is 0 Å². The number of rotatable bonds is 3. The van der Waals surface area contributed by atoms with Crippen molar-refractivity contribution in [3.63, 3.8) is 0 Å². The van der Waals surface area contributed by atoms with Crippen LogP contribution in [-0.4, -0.2) is 63.5 Å². The molecule has 2 fully saturated rings. The van der Waals surface area contributed by atoms with E-state index in [1.54, 1.807) is 22.3 Å². The van der Waals surface area contributed by atoms with Gasteiger partial charge >= 0.3 is 0 Å². The van der Waals surface area contributed by atoms with Crippen molar-refractivity contribution in [3.05, 3.63) is 54.4 Å². The summed E-state index contributed by atoms with van der Waals surface area (Å²) in [5, 5.41) is 10.9. The van der Waals surface area contributed by atoms with Gasteiger partial charge in [0.1, 0.15) is 11.2 Å². The predicted octanol–water partition coefficient (Wildman–Crippen LogP) is 2.30. The number of hydrogen-bond acceptors (Lipinski definition) is 5. The number of aromatic nitrogens is 1. The van der Waals surface area contributed by atoms with Gasteiger partial charge in [-0.15, -0.1) is 0 Å². The summed E-state index contributed by atoms with van der Waals surface area (Å²) in [7, 11) is 0. The van der Waals surface area contributed by atoms with E-state index in [1.165, 1.54) is 0 Å². The molecule has 1 N–H and O–H groups in total. The van der Waals surface area contributed by atoms with Crippen LogP contribution < -0.4 is 0 Å². The van der Waals surface area contributed by atoms with Crippen LogP contribution >= 0.6 is 0 Å². The maximum absolute atomic E-state index is 12.8. The fourth-order valence-corrected chi connectivity index (χ4v) is 3.82. The van der Waals surface area contributed by atoms with Crippen molar-refractivity contribution in [2.75, 3.05) is 26.2 Å². The largest absolute Gasteiger partial charge is 0.464 e. The number of piperazine rings is 1. The number of carbonyl (C=O) groups excluding carboxylic acids is 2. The molecule has 2 amide bonds. The highest BCUT2D eigenvalue weighted by molar-refractivity contribution is 5.96. The Labute approximate surface area is 167 Å². The fraction of sp³-hybridized carbons (Fsp3) is 0.318. The lowest BCUT2D eigenvalue weighted by Gasteiger charge is -2.35. The Bertz CT molecular complexity index is 1080. The van der Waals surface area contributed by atoms with E-state index < -0.39 is 5.60 Å². The first-order valence-electron chi connectivity index (χ1n) is 9.79. The highest BCUT2D eigenvalue weighted by atomic mass is 16.3. The minimum atomic E-state index is -1.14. The average molecular weight is 391 g/mol. The lowest BCUT2D eigenvalue weighted by molar-refractivity contribution is -0.143. The van der Waals surface area contributed by atoms with E-state index in [0.29, 0.717) is 44.6 Å². The van der Waals surface area contributed by atoms with Crippen LogP contribution in [0.3, 0.4) is 0 Å². The van der Waals surface area contributed by atoms with E-state index in [-0.39, 0.29) is 11.8 Å². The monoisotopic (exact) mass is 391 g/mol. The van der Waals surface area contributed by atoms with Crippen LogP contribution in [0.1, 0.15) is 23.2 Å². The fourth-order valence-electron chi connectivity index (χ4n) is 3.82. The smallest absolute Gasteiger partial charge is 0.254 e. The van der Waals surface area contributed by atoms with Gasteiger partial charge in [-0.05, 0) is 37.1 Å². The molecule has 1 aromatic carbocycles.